The highest BCUT2D eigenvalue weighted by molar-refractivity contribution is 8.16. The number of amidine groups is 1. The average Bonchev–Trinajstić information content (AvgIpc) is 3.26. The molecule has 3 aliphatic rings. The zero-order chi connectivity index (χ0) is 25.1. The average molecular weight is 499 g/mol. The number of hydrogen-bond donors (Lipinski definition) is 0. The van der Waals surface area contributed by atoms with E-state index in [1.807, 2.05) is 43.0 Å². The van der Waals surface area contributed by atoms with Crippen LogP contribution >= 0.6 is 11.8 Å². The van der Waals surface area contributed by atoms with Crippen molar-refractivity contribution in [2.24, 2.45) is 4.99 Å². The molecule has 1 aromatic rings. The molecule has 1 atom stereocenters. The maximum absolute atomic E-state index is 13.8. The van der Waals surface area contributed by atoms with Gasteiger partial charge in [-0.3, -0.25) is 9.59 Å². The van der Waals surface area contributed by atoms with Gasteiger partial charge in [-0.15, -0.1) is 0 Å². The molecule has 35 heavy (non-hydrogen) atoms. The van der Waals surface area contributed by atoms with Crippen molar-refractivity contribution < 1.29 is 14.0 Å². The Hall–Kier alpha value is -2.61. The van der Waals surface area contributed by atoms with Gasteiger partial charge in [0.05, 0.1) is 23.7 Å². The summed E-state index contributed by atoms with van der Waals surface area (Å²) < 4.78 is 13.8. The van der Waals surface area contributed by atoms with E-state index in [1.165, 1.54) is 30.3 Å². The molecule has 0 N–H and O–H groups in total. The van der Waals surface area contributed by atoms with Crippen LogP contribution in [0.3, 0.4) is 0 Å². The van der Waals surface area contributed by atoms with Crippen LogP contribution in [-0.2, 0) is 9.59 Å². The summed E-state index contributed by atoms with van der Waals surface area (Å²) in [6.07, 6.45) is 5.91. The Bertz CT molecular complexity index is 1060. The molecule has 1 unspecified atom stereocenters. The van der Waals surface area contributed by atoms with Crippen LogP contribution in [0, 0.1) is 5.82 Å². The van der Waals surface area contributed by atoms with Gasteiger partial charge in [0.2, 0.25) is 5.91 Å². The number of fused-ring (bicyclic) bond motifs is 1. The molecular formula is C27H35FN4O2S. The molecule has 1 fully saturated rings. The minimum absolute atomic E-state index is 0.0748. The number of benzene rings is 1. The summed E-state index contributed by atoms with van der Waals surface area (Å²) in [5, 5.41) is 2.72. The molecule has 0 aromatic heterocycles. The quantitative estimate of drug-likeness (QED) is 0.502. The van der Waals surface area contributed by atoms with Gasteiger partial charge in [-0.2, -0.15) is 0 Å². The molecule has 1 aliphatic carbocycles. The first kappa shape index (κ1) is 25.5. The first-order valence-corrected chi connectivity index (χ1v) is 13.5. The second-order valence-electron chi connectivity index (χ2n) is 9.40. The molecule has 0 saturated heterocycles. The maximum atomic E-state index is 13.8. The molecule has 0 radical (unpaired) electrons. The maximum Gasteiger partial charge on any atom is 0.254 e. The molecule has 4 rings (SSSR count). The Morgan fingerprint density at radius 3 is 2.40 bits per heavy atom. The largest absolute Gasteiger partial charge is 0.342 e. The number of rotatable bonds is 7. The normalized spacial score (nSPS) is 20.4. The van der Waals surface area contributed by atoms with Crippen LogP contribution < -0.4 is 0 Å². The highest BCUT2D eigenvalue weighted by Crippen LogP contribution is 2.45. The van der Waals surface area contributed by atoms with E-state index in [0.29, 0.717) is 24.4 Å². The van der Waals surface area contributed by atoms with Crippen molar-refractivity contribution in [2.45, 2.75) is 71.4 Å². The third-order valence-corrected chi connectivity index (χ3v) is 8.20. The van der Waals surface area contributed by atoms with Gasteiger partial charge in [-0.25, -0.2) is 9.38 Å². The van der Waals surface area contributed by atoms with Gasteiger partial charge in [0.25, 0.3) is 5.91 Å². The zero-order valence-electron chi connectivity index (χ0n) is 21.1. The molecule has 2 heterocycles. The van der Waals surface area contributed by atoms with E-state index in [-0.39, 0.29) is 30.1 Å². The van der Waals surface area contributed by atoms with Gasteiger partial charge in [-0.05, 0) is 56.7 Å². The number of carbonyl (C=O) groups excluding carboxylic acids is 2. The van der Waals surface area contributed by atoms with Gasteiger partial charge in [0.1, 0.15) is 5.82 Å². The lowest BCUT2D eigenvalue weighted by Crippen LogP contribution is -2.43. The van der Waals surface area contributed by atoms with Crippen molar-refractivity contribution in [2.75, 3.05) is 20.1 Å². The second-order valence-corrected chi connectivity index (χ2v) is 10.2. The Balaban J connectivity index is 1.67. The second kappa shape index (κ2) is 11.0. The van der Waals surface area contributed by atoms with Crippen molar-refractivity contribution in [3.63, 3.8) is 0 Å². The molecule has 1 saturated carbocycles. The molecule has 0 spiro atoms. The van der Waals surface area contributed by atoms with E-state index in [4.69, 9.17) is 4.99 Å². The Morgan fingerprint density at radius 2 is 1.77 bits per heavy atom. The topological polar surface area (TPSA) is 56.2 Å². The number of allylic oxidation sites excluding steroid dienone is 1. The van der Waals surface area contributed by atoms with Crippen molar-refractivity contribution in [3.05, 3.63) is 58.0 Å². The first-order valence-electron chi connectivity index (χ1n) is 12.6. The van der Waals surface area contributed by atoms with Crippen LogP contribution in [0.15, 0.2) is 51.6 Å². The van der Waals surface area contributed by atoms with E-state index in [1.54, 1.807) is 17.0 Å². The lowest BCUT2D eigenvalue weighted by atomic mass is 9.92. The Labute approximate surface area is 211 Å². The minimum Gasteiger partial charge on any atom is -0.342 e. The first-order chi connectivity index (χ1) is 16.8. The lowest BCUT2D eigenvalue weighted by Gasteiger charge is -2.38. The third kappa shape index (κ3) is 5.17. The number of nitrogens with zero attached hydrogens (tertiary/aromatic N) is 4. The Morgan fingerprint density at radius 1 is 1.11 bits per heavy atom. The van der Waals surface area contributed by atoms with Crippen molar-refractivity contribution in [3.8, 4) is 0 Å². The highest BCUT2D eigenvalue weighted by Gasteiger charge is 2.41. The molecule has 188 valence electrons. The highest BCUT2D eigenvalue weighted by atomic mass is 32.2. The number of halogens is 1. The van der Waals surface area contributed by atoms with Crippen molar-refractivity contribution in [1.82, 2.24) is 14.7 Å². The molecule has 2 amide bonds. The number of likely N-dealkylation sites (N-methyl/N-ethyl adjacent to an activating group) is 1. The van der Waals surface area contributed by atoms with Crippen LogP contribution in [0.5, 0.6) is 0 Å². The zero-order valence-corrected chi connectivity index (χ0v) is 21.9. The summed E-state index contributed by atoms with van der Waals surface area (Å²) in [7, 11) is 1.91. The number of carbonyl (C=O) groups is 2. The summed E-state index contributed by atoms with van der Waals surface area (Å²) >= 11 is 1.47. The minimum atomic E-state index is -0.467. The van der Waals surface area contributed by atoms with Gasteiger partial charge in [0.15, 0.2) is 5.17 Å². The molecular weight excluding hydrogens is 463 g/mol. The van der Waals surface area contributed by atoms with Gasteiger partial charge in [-0.1, -0.05) is 43.2 Å². The number of amides is 2. The number of aliphatic imine (C=N–C) groups is 1. The predicted octanol–water partition coefficient (Wildman–Crippen LogP) is 5.45. The van der Waals surface area contributed by atoms with E-state index < -0.39 is 6.04 Å². The van der Waals surface area contributed by atoms with Crippen LogP contribution in [0.1, 0.15) is 70.9 Å². The molecule has 6 nitrogen and oxygen atoms in total. The summed E-state index contributed by atoms with van der Waals surface area (Å²) in [6, 6.07) is 6.11. The molecule has 8 heteroatoms. The van der Waals surface area contributed by atoms with Crippen molar-refractivity contribution >= 4 is 28.7 Å². The van der Waals surface area contributed by atoms with Gasteiger partial charge in [0, 0.05) is 31.9 Å². The third-order valence-electron chi connectivity index (χ3n) is 7.32. The predicted molar refractivity (Wildman–Crippen MR) is 139 cm³/mol. The monoisotopic (exact) mass is 498 g/mol. The Kier molecular flexibility index (Phi) is 7.99. The van der Waals surface area contributed by atoms with Crippen LogP contribution in [-0.4, -0.2) is 57.9 Å². The van der Waals surface area contributed by atoms with Crippen molar-refractivity contribution in [1.29, 1.82) is 0 Å². The van der Waals surface area contributed by atoms with Gasteiger partial charge < -0.3 is 14.7 Å². The van der Waals surface area contributed by atoms with Gasteiger partial charge >= 0.3 is 0 Å². The van der Waals surface area contributed by atoms with E-state index in [2.05, 4.69) is 0 Å². The number of thioether (sulfide) groups is 1. The van der Waals surface area contributed by atoms with E-state index in [0.717, 1.165) is 42.1 Å². The smallest absolute Gasteiger partial charge is 0.254 e. The van der Waals surface area contributed by atoms with E-state index in [9.17, 15) is 14.0 Å². The number of hydrogen-bond acceptors (Lipinski definition) is 5. The lowest BCUT2D eigenvalue weighted by molar-refractivity contribution is -0.132. The summed E-state index contributed by atoms with van der Waals surface area (Å²) in [4.78, 5) is 37.4. The standard InChI is InChI=1S/C27H35FN4O2S/c1-5-31(6-2)26(34)24-18(3)29-27-32(25(24)19-12-14-20(28)15-13-19)22(17-35-27)16-23(33)30(4)21-10-8-7-9-11-21/h12-15,17,21,25H,5-11,16H2,1-4H3. The summed E-state index contributed by atoms with van der Waals surface area (Å²) in [5.41, 5.74) is 2.86. The fourth-order valence-electron chi connectivity index (χ4n) is 5.24. The van der Waals surface area contributed by atoms with Crippen LogP contribution in [0.4, 0.5) is 4.39 Å². The molecule has 0 bridgehead atoms. The fraction of sp³-hybridized carbons (Fsp3) is 0.519. The van der Waals surface area contributed by atoms with Crippen LogP contribution in [0.2, 0.25) is 0 Å². The fourth-order valence-corrected chi connectivity index (χ4v) is 6.20. The summed E-state index contributed by atoms with van der Waals surface area (Å²) in [6.45, 7) is 6.94. The molecule has 2 aliphatic heterocycles. The molecule has 1 aromatic carbocycles. The summed E-state index contributed by atoms with van der Waals surface area (Å²) in [5.74, 6) is -0.330. The van der Waals surface area contributed by atoms with Crippen LogP contribution in [0.25, 0.3) is 0 Å². The SMILES string of the molecule is CCN(CC)C(=O)C1=C(C)N=C2SC=C(CC(=O)N(C)C3CCCCC3)N2C1c1ccc(F)cc1. The van der Waals surface area contributed by atoms with E-state index >= 15 is 0 Å².